The summed E-state index contributed by atoms with van der Waals surface area (Å²) in [5.41, 5.74) is 37.3. The molecule has 7 heterocycles. The van der Waals surface area contributed by atoms with Crippen molar-refractivity contribution in [3.8, 4) is 101 Å². The zero-order valence-electron chi connectivity index (χ0n) is 70.5. The van der Waals surface area contributed by atoms with Crippen LogP contribution in [0.2, 0.25) is 0 Å². The highest BCUT2D eigenvalue weighted by molar-refractivity contribution is 6.17. The molecular formula is C122H76N8. The van der Waals surface area contributed by atoms with Gasteiger partial charge in [0.1, 0.15) is 0 Å². The summed E-state index contributed by atoms with van der Waals surface area (Å²) in [4.78, 5) is 37.0. The Labute approximate surface area is 751 Å². The molecule has 0 fully saturated rings. The van der Waals surface area contributed by atoms with Crippen LogP contribution < -0.4 is 9.80 Å². The van der Waals surface area contributed by atoms with E-state index in [-0.39, 0.29) is 0 Å². The Kier molecular flexibility index (Phi) is 17.0. The average molecular weight is 1650 g/mol. The summed E-state index contributed by atoms with van der Waals surface area (Å²) in [6, 6.07) is 166. The summed E-state index contributed by atoms with van der Waals surface area (Å²) in [6.45, 7) is 0. The Morgan fingerprint density at radius 1 is 0.177 bits per heavy atom. The van der Waals surface area contributed by atoms with Crippen LogP contribution in [-0.2, 0) is 10.8 Å². The molecule has 5 aromatic heterocycles. The second kappa shape index (κ2) is 29.7. The van der Waals surface area contributed by atoms with Crippen LogP contribution in [0.4, 0.5) is 34.1 Å². The lowest BCUT2D eigenvalue weighted by Crippen LogP contribution is -2.36. The van der Waals surface area contributed by atoms with Gasteiger partial charge in [-0.1, -0.05) is 364 Å². The number of hydrogen-bond acceptors (Lipinski definition) is 8. The molecule has 8 nitrogen and oxygen atoms in total. The second-order valence-electron chi connectivity index (χ2n) is 34.2. The summed E-state index contributed by atoms with van der Waals surface area (Å²) >= 11 is 0. The van der Waals surface area contributed by atoms with Crippen LogP contribution in [0.15, 0.2) is 461 Å². The Morgan fingerprint density at radius 2 is 0.523 bits per heavy atom. The average Bonchev–Trinajstić information content (AvgIpc) is 1.66. The smallest absolute Gasteiger partial charge is 0.160 e. The number of pyridine rings is 4. The molecular weight excluding hydrogens is 1580 g/mol. The highest BCUT2D eigenvalue weighted by atomic mass is 15.2. The van der Waals surface area contributed by atoms with Gasteiger partial charge >= 0.3 is 0 Å². The van der Waals surface area contributed by atoms with E-state index < -0.39 is 10.8 Å². The fraction of sp³-hybridized carbons (Fsp3) is 0.0164. The number of hydrogen-bond donors (Lipinski definition) is 0. The lowest BCUT2D eigenvalue weighted by molar-refractivity contribution is 0.754. The van der Waals surface area contributed by atoms with Gasteiger partial charge < -0.3 is 9.80 Å². The molecule has 2 aliphatic heterocycles. The highest BCUT2D eigenvalue weighted by Gasteiger charge is 2.54. The maximum Gasteiger partial charge on any atom is 0.160 e. The van der Waals surface area contributed by atoms with Crippen LogP contribution in [0.25, 0.3) is 166 Å². The molecule has 18 aromatic carbocycles. The predicted octanol–water partition coefficient (Wildman–Crippen LogP) is 30.6. The van der Waals surface area contributed by atoms with E-state index in [0.717, 1.165) is 167 Å². The normalized spacial score (nSPS) is 13.2. The summed E-state index contributed by atoms with van der Waals surface area (Å²) in [7, 11) is 0. The minimum atomic E-state index is -0.591. The number of para-hydroxylation sites is 4. The third-order valence-electron chi connectivity index (χ3n) is 27.2. The molecule has 2 aliphatic carbocycles. The van der Waals surface area contributed by atoms with Gasteiger partial charge in [0.05, 0.1) is 89.8 Å². The van der Waals surface area contributed by atoms with E-state index in [1.165, 1.54) is 72.4 Å². The summed E-state index contributed by atoms with van der Waals surface area (Å²) in [5, 5.41) is 8.75. The Bertz CT molecular complexity index is 8400. The molecule has 0 amide bonds. The van der Waals surface area contributed by atoms with Crippen molar-refractivity contribution in [2.45, 2.75) is 10.8 Å². The Hall–Kier alpha value is -17.2. The molecule has 0 atom stereocenters. The lowest BCUT2D eigenvalue weighted by atomic mass is 9.64. The first-order valence-corrected chi connectivity index (χ1v) is 44.5. The number of aromatic nitrogens is 6. The van der Waals surface area contributed by atoms with Crippen molar-refractivity contribution in [2.24, 2.45) is 0 Å². The molecule has 0 radical (unpaired) electrons. The molecule has 604 valence electrons. The Balaban J connectivity index is 0.000000137. The lowest BCUT2D eigenvalue weighted by Gasteiger charge is -2.45. The third kappa shape index (κ3) is 11.4. The van der Waals surface area contributed by atoms with E-state index in [4.69, 9.17) is 29.9 Å². The topological polar surface area (TPSA) is 83.8 Å². The molecule has 130 heavy (non-hydrogen) atoms. The van der Waals surface area contributed by atoms with Crippen molar-refractivity contribution in [2.75, 3.05) is 9.80 Å². The van der Waals surface area contributed by atoms with Crippen molar-refractivity contribution < 1.29 is 0 Å². The fourth-order valence-corrected chi connectivity index (χ4v) is 21.6. The number of rotatable bonds is 9. The zero-order valence-corrected chi connectivity index (χ0v) is 70.5. The minimum absolute atomic E-state index is 0.575. The number of anilines is 6. The van der Waals surface area contributed by atoms with Crippen molar-refractivity contribution in [1.29, 1.82) is 0 Å². The number of fused-ring (bicyclic) bond motifs is 27. The SMILES string of the molecule is c1ccc(-c2cc(-c3ccc4nc(-c5ccccc5)c5cc6c(cc5c4c3)N(c3ccccc3)c3ccccc3C63c4ccccc4-c4ccccc43)nc(-c3ccccc3)n2)cc1.c1ccc(-c2ccc3ccc4ccc(-c5ccc6c(c5)nc(-c5ccccc5)c5cc7c(cc56)N(c5ccccc5)c5ccccc5C75c6ccccc6-c6ccccc65)nc4c3n2)cc1. The van der Waals surface area contributed by atoms with Gasteiger partial charge in [-0.2, -0.15) is 0 Å². The zero-order chi connectivity index (χ0) is 85.5. The fourth-order valence-electron chi connectivity index (χ4n) is 21.6. The van der Waals surface area contributed by atoms with Gasteiger partial charge in [0.15, 0.2) is 5.82 Å². The number of benzene rings is 18. The van der Waals surface area contributed by atoms with E-state index in [0.29, 0.717) is 5.82 Å². The van der Waals surface area contributed by atoms with Gasteiger partial charge in [0.25, 0.3) is 0 Å². The van der Waals surface area contributed by atoms with E-state index >= 15 is 0 Å². The van der Waals surface area contributed by atoms with Gasteiger partial charge in [-0.3, -0.25) is 0 Å². The third-order valence-corrected chi connectivity index (χ3v) is 27.2. The molecule has 27 rings (SSSR count). The quantitative estimate of drug-likeness (QED) is 0.132. The summed E-state index contributed by atoms with van der Waals surface area (Å²) in [5.74, 6) is 0.688. The van der Waals surface area contributed by atoms with Gasteiger partial charge in [-0.15, -0.1) is 0 Å². The first-order valence-electron chi connectivity index (χ1n) is 44.5. The molecule has 23 aromatic rings. The highest BCUT2D eigenvalue weighted by Crippen LogP contribution is 2.67. The van der Waals surface area contributed by atoms with E-state index in [2.05, 4.69) is 441 Å². The van der Waals surface area contributed by atoms with Crippen LogP contribution in [0.3, 0.4) is 0 Å². The molecule has 0 N–H and O–H groups in total. The Morgan fingerprint density at radius 3 is 0.985 bits per heavy atom. The summed E-state index contributed by atoms with van der Waals surface area (Å²) in [6.07, 6.45) is 0. The van der Waals surface area contributed by atoms with E-state index in [9.17, 15) is 0 Å². The van der Waals surface area contributed by atoms with Crippen molar-refractivity contribution in [3.63, 3.8) is 0 Å². The standard InChI is InChI=1S/C62H38N4.C60H38N4/c1-4-16-39(17-5-1)54-34-31-41-28-29-42-32-35-55(64-61(42)60(41)63-54)43-30-33-47-48-38-58-53(37-49(48)59(65-56(47)36-43)40-18-6-2-7-19-40)62(50-24-12-10-22-45(50)46-23-11-13-25-51(46)62)52-26-14-15-27-57(52)66(58)44-20-8-3-9-21-44;1-5-19-39(20-6-1)54-38-55(63-59(62-54)41-23-9-3-10-24-41)42-33-34-53-47(35-42)46-37-57-52(36-48(46)58(61-53)40-21-7-2-8-22-40)60(49-29-15-13-27-44(49)45-28-14-16-30-50(45)60)51-31-17-18-32-56(51)64(57)43-25-11-4-12-26-43/h1-38H;1-38H. The first kappa shape index (κ1) is 74.2. The maximum atomic E-state index is 5.64. The molecule has 0 saturated heterocycles. The minimum Gasteiger partial charge on any atom is -0.310 e. The molecule has 0 saturated carbocycles. The molecule has 0 bridgehead atoms. The van der Waals surface area contributed by atoms with Crippen molar-refractivity contribution in [3.05, 3.63) is 506 Å². The molecule has 8 heteroatoms. The van der Waals surface area contributed by atoms with Crippen molar-refractivity contribution in [1.82, 2.24) is 29.9 Å². The monoisotopic (exact) mass is 1650 g/mol. The van der Waals surface area contributed by atoms with Gasteiger partial charge in [0.2, 0.25) is 0 Å². The van der Waals surface area contributed by atoms with E-state index in [1.54, 1.807) is 0 Å². The van der Waals surface area contributed by atoms with Crippen LogP contribution >= 0.6 is 0 Å². The van der Waals surface area contributed by atoms with Gasteiger partial charge in [0, 0.05) is 82.6 Å². The predicted molar refractivity (Wildman–Crippen MR) is 534 cm³/mol. The van der Waals surface area contributed by atoms with Crippen LogP contribution in [0, 0.1) is 0 Å². The van der Waals surface area contributed by atoms with Crippen LogP contribution in [-0.4, -0.2) is 29.9 Å². The molecule has 2 spiro atoms. The van der Waals surface area contributed by atoms with Crippen LogP contribution in [0.5, 0.6) is 0 Å². The van der Waals surface area contributed by atoms with Crippen LogP contribution in [0.1, 0.15) is 44.5 Å². The second-order valence-corrected chi connectivity index (χ2v) is 34.2. The largest absolute Gasteiger partial charge is 0.310 e. The molecule has 0 unspecified atom stereocenters. The maximum absolute atomic E-state index is 5.64. The number of nitrogens with zero attached hydrogens (tertiary/aromatic N) is 8. The van der Waals surface area contributed by atoms with Gasteiger partial charge in [-0.25, -0.2) is 29.9 Å². The molecule has 4 aliphatic rings. The summed E-state index contributed by atoms with van der Waals surface area (Å²) < 4.78 is 0. The van der Waals surface area contributed by atoms with Gasteiger partial charge in [-0.05, 0) is 175 Å². The van der Waals surface area contributed by atoms with Crippen molar-refractivity contribution >= 4 is 99.3 Å². The first-order chi connectivity index (χ1) is 64.5. The van der Waals surface area contributed by atoms with E-state index in [1.807, 2.05) is 30.3 Å².